The second-order valence-electron chi connectivity index (χ2n) is 7.52. The van der Waals surface area contributed by atoms with Crippen LogP contribution in [0.4, 0.5) is 0 Å². The van der Waals surface area contributed by atoms with E-state index in [9.17, 15) is 14.7 Å². The third kappa shape index (κ3) is 2.89. The predicted octanol–water partition coefficient (Wildman–Crippen LogP) is 1.55. The lowest BCUT2D eigenvalue weighted by molar-refractivity contribution is 0.170. The third-order valence-corrected chi connectivity index (χ3v) is 5.80. The maximum Gasteiger partial charge on any atom is 0.335 e. The summed E-state index contributed by atoms with van der Waals surface area (Å²) in [4.78, 5) is 29.8. The van der Waals surface area contributed by atoms with Crippen LogP contribution in [0.25, 0.3) is 5.69 Å². The van der Waals surface area contributed by atoms with Crippen LogP contribution in [0.2, 0.25) is 0 Å². The van der Waals surface area contributed by atoms with E-state index in [1.54, 1.807) is 30.3 Å². The van der Waals surface area contributed by atoms with Gasteiger partial charge < -0.3 is 19.3 Å². The molecule has 0 bridgehead atoms. The molecule has 3 aromatic rings. The maximum absolute atomic E-state index is 13.0. The van der Waals surface area contributed by atoms with Gasteiger partial charge in [-0.1, -0.05) is 18.2 Å². The fourth-order valence-electron chi connectivity index (χ4n) is 4.40. The SMILES string of the molecule is COc1c2c(cc3c1[C@H](c1c(O)n(-c4ccccc4)c(=O)[nH]c1=O)N(C)CC3)OCO2. The van der Waals surface area contributed by atoms with E-state index in [0.717, 1.165) is 10.1 Å². The van der Waals surface area contributed by atoms with Crippen LogP contribution in [0, 0.1) is 0 Å². The molecule has 0 fully saturated rings. The number of ether oxygens (including phenoxy) is 3. The van der Waals surface area contributed by atoms with Crippen molar-refractivity contribution in [1.29, 1.82) is 0 Å². The predicted molar refractivity (Wildman–Crippen MR) is 112 cm³/mol. The van der Waals surface area contributed by atoms with E-state index >= 15 is 0 Å². The number of aromatic amines is 1. The molecule has 0 spiro atoms. The largest absolute Gasteiger partial charge is 0.494 e. The van der Waals surface area contributed by atoms with Crippen LogP contribution in [0.1, 0.15) is 22.7 Å². The van der Waals surface area contributed by atoms with Gasteiger partial charge in [-0.15, -0.1) is 0 Å². The molecule has 0 radical (unpaired) electrons. The number of para-hydroxylation sites is 1. The lowest BCUT2D eigenvalue weighted by Gasteiger charge is -2.35. The lowest BCUT2D eigenvalue weighted by atomic mass is 9.87. The Morgan fingerprint density at radius 1 is 1.16 bits per heavy atom. The Kier molecular flexibility index (Phi) is 4.48. The van der Waals surface area contributed by atoms with Crippen LogP contribution < -0.4 is 25.5 Å². The molecule has 1 atom stereocenters. The van der Waals surface area contributed by atoms with Gasteiger partial charge in [0.2, 0.25) is 18.4 Å². The Bertz CT molecular complexity index is 1280. The Labute approximate surface area is 177 Å². The maximum atomic E-state index is 13.0. The molecule has 0 unspecified atom stereocenters. The first-order valence-corrected chi connectivity index (χ1v) is 9.84. The summed E-state index contributed by atoms with van der Waals surface area (Å²) < 4.78 is 17.9. The fraction of sp³-hybridized carbons (Fsp3) is 0.273. The van der Waals surface area contributed by atoms with Gasteiger partial charge in [0, 0.05) is 12.1 Å². The van der Waals surface area contributed by atoms with Crippen molar-refractivity contribution in [2.75, 3.05) is 27.5 Å². The highest BCUT2D eigenvalue weighted by molar-refractivity contribution is 5.63. The average Bonchev–Trinajstić information content (AvgIpc) is 3.22. The van der Waals surface area contributed by atoms with E-state index in [1.165, 1.54) is 7.11 Å². The fourth-order valence-corrected chi connectivity index (χ4v) is 4.40. The van der Waals surface area contributed by atoms with Gasteiger partial charge in [0.05, 0.1) is 24.4 Å². The molecule has 0 saturated carbocycles. The van der Waals surface area contributed by atoms with E-state index in [0.29, 0.717) is 41.5 Å². The van der Waals surface area contributed by atoms with Crippen LogP contribution in [0.3, 0.4) is 0 Å². The zero-order chi connectivity index (χ0) is 21.7. The number of nitrogens with one attached hydrogen (secondary N) is 1. The minimum Gasteiger partial charge on any atom is -0.494 e. The molecule has 2 aromatic carbocycles. The van der Waals surface area contributed by atoms with E-state index in [-0.39, 0.29) is 12.4 Å². The van der Waals surface area contributed by atoms with Crippen LogP contribution in [-0.2, 0) is 6.42 Å². The zero-order valence-corrected chi connectivity index (χ0v) is 17.0. The van der Waals surface area contributed by atoms with E-state index < -0.39 is 23.2 Å². The number of H-pyrrole nitrogens is 1. The quantitative estimate of drug-likeness (QED) is 0.658. The second kappa shape index (κ2) is 7.21. The summed E-state index contributed by atoms with van der Waals surface area (Å²) in [6.45, 7) is 0.712. The molecule has 2 aliphatic heterocycles. The summed E-state index contributed by atoms with van der Waals surface area (Å²) in [6.07, 6.45) is 0.701. The van der Waals surface area contributed by atoms with Crippen LogP contribution in [-0.4, -0.2) is 47.1 Å². The molecule has 0 aliphatic carbocycles. The molecule has 31 heavy (non-hydrogen) atoms. The number of benzene rings is 2. The summed E-state index contributed by atoms with van der Waals surface area (Å²) >= 11 is 0. The topological polar surface area (TPSA) is 106 Å². The van der Waals surface area contributed by atoms with E-state index in [2.05, 4.69) is 4.98 Å². The van der Waals surface area contributed by atoms with Gasteiger partial charge in [-0.3, -0.25) is 14.7 Å². The van der Waals surface area contributed by atoms with E-state index in [4.69, 9.17) is 14.2 Å². The second-order valence-corrected chi connectivity index (χ2v) is 7.52. The summed E-state index contributed by atoms with van der Waals surface area (Å²) in [5, 5.41) is 11.2. The zero-order valence-electron chi connectivity index (χ0n) is 17.0. The molecular formula is C22H21N3O6. The number of rotatable bonds is 3. The number of nitrogens with zero attached hydrogens (tertiary/aromatic N) is 2. The minimum absolute atomic E-state index is 0.0593. The van der Waals surface area contributed by atoms with Crippen molar-refractivity contribution in [1.82, 2.24) is 14.5 Å². The molecule has 2 N–H and O–H groups in total. The number of fused-ring (bicyclic) bond motifs is 2. The number of likely N-dealkylation sites (N-methyl/N-ethyl adjacent to an activating group) is 1. The van der Waals surface area contributed by atoms with Crippen molar-refractivity contribution in [2.45, 2.75) is 12.5 Å². The standard InChI is InChI=1S/C22H21N3O6/c1-24-9-8-12-10-14-18(31-11-30-14)19(29-2)15(12)17(24)16-20(26)23-22(28)25(21(16)27)13-6-4-3-5-7-13/h3-7,10,17,27H,8-9,11H2,1-2H3,(H,23,26,28)/t17-/m1/s1. The number of hydrogen-bond acceptors (Lipinski definition) is 7. The van der Waals surface area contributed by atoms with Crippen molar-refractivity contribution in [3.8, 4) is 28.8 Å². The van der Waals surface area contributed by atoms with Gasteiger partial charge in [0.15, 0.2) is 11.5 Å². The molecule has 160 valence electrons. The normalized spacial score (nSPS) is 17.4. The Morgan fingerprint density at radius 3 is 2.68 bits per heavy atom. The van der Waals surface area contributed by atoms with Crippen LogP contribution in [0.15, 0.2) is 46.0 Å². The van der Waals surface area contributed by atoms with Gasteiger partial charge >= 0.3 is 5.69 Å². The molecule has 9 heteroatoms. The highest BCUT2D eigenvalue weighted by Crippen LogP contribution is 2.51. The van der Waals surface area contributed by atoms with Gasteiger partial charge in [0.25, 0.3) is 5.56 Å². The summed E-state index contributed by atoms with van der Waals surface area (Å²) in [5.74, 6) is 1.10. The Hall–Kier alpha value is -3.72. The van der Waals surface area contributed by atoms with Gasteiger partial charge in [-0.2, -0.15) is 0 Å². The van der Waals surface area contributed by atoms with Crippen LogP contribution >= 0.6 is 0 Å². The van der Waals surface area contributed by atoms with Crippen LogP contribution in [0.5, 0.6) is 23.1 Å². The summed E-state index contributed by atoms with van der Waals surface area (Å²) in [7, 11) is 3.38. The molecular weight excluding hydrogens is 402 g/mol. The first-order chi connectivity index (χ1) is 15.0. The Morgan fingerprint density at radius 2 is 1.94 bits per heavy atom. The smallest absolute Gasteiger partial charge is 0.335 e. The van der Waals surface area contributed by atoms with Gasteiger partial charge in [-0.05, 0) is 37.2 Å². The van der Waals surface area contributed by atoms with E-state index in [1.807, 2.05) is 18.0 Å². The number of hydrogen-bond donors (Lipinski definition) is 2. The lowest BCUT2D eigenvalue weighted by Crippen LogP contribution is -2.39. The first-order valence-electron chi connectivity index (χ1n) is 9.84. The summed E-state index contributed by atoms with van der Waals surface area (Å²) in [5.41, 5.74) is 0.774. The monoisotopic (exact) mass is 423 g/mol. The molecule has 3 heterocycles. The van der Waals surface area contributed by atoms with Crippen molar-refractivity contribution < 1.29 is 19.3 Å². The van der Waals surface area contributed by atoms with Crippen molar-refractivity contribution >= 4 is 0 Å². The Balaban J connectivity index is 1.80. The molecule has 0 saturated heterocycles. The van der Waals surface area contributed by atoms with Crippen molar-refractivity contribution in [3.05, 3.63) is 73.9 Å². The third-order valence-electron chi connectivity index (χ3n) is 5.80. The number of methoxy groups -OCH3 is 1. The van der Waals surface area contributed by atoms with Gasteiger partial charge in [-0.25, -0.2) is 9.36 Å². The van der Waals surface area contributed by atoms with Crippen molar-refractivity contribution in [3.63, 3.8) is 0 Å². The molecule has 5 rings (SSSR count). The molecule has 2 aliphatic rings. The van der Waals surface area contributed by atoms with Crippen molar-refractivity contribution in [2.24, 2.45) is 0 Å². The molecule has 9 nitrogen and oxygen atoms in total. The molecule has 0 amide bonds. The molecule has 1 aromatic heterocycles. The first kappa shape index (κ1) is 19.3. The number of aromatic nitrogens is 2. The van der Waals surface area contributed by atoms with Gasteiger partial charge in [0.1, 0.15) is 0 Å². The minimum atomic E-state index is -0.714. The summed E-state index contributed by atoms with van der Waals surface area (Å²) in [6, 6.07) is 9.89. The average molecular weight is 423 g/mol. The highest BCUT2D eigenvalue weighted by atomic mass is 16.7. The highest BCUT2D eigenvalue weighted by Gasteiger charge is 2.38. The number of aromatic hydroxyl groups is 1.